The number of halogens is 1. The van der Waals surface area contributed by atoms with Crippen LogP contribution in [0.15, 0.2) is 30.3 Å². The van der Waals surface area contributed by atoms with Gasteiger partial charge in [-0.3, -0.25) is 4.90 Å². The van der Waals surface area contributed by atoms with Crippen molar-refractivity contribution >= 4 is 12.4 Å². The van der Waals surface area contributed by atoms with E-state index in [1.54, 1.807) is 0 Å². The highest BCUT2D eigenvalue weighted by Gasteiger charge is 2.27. The second-order valence-corrected chi connectivity index (χ2v) is 6.80. The molecule has 2 aliphatic heterocycles. The molecule has 2 heterocycles. The lowest BCUT2D eigenvalue weighted by Crippen LogP contribution is -2.40. The molecule has 1 N–H and O–H groups in total. The Hall–Kier alpha value is -0.610. The lowest BCUT2D eigenvalue weighted by atomic mass is 9.97. The molecule has 22 heavy (non-hydrogen) atoms. The molecule has 2 aliphatic rings. The number of likely N-dealkylation sites (N-methyl/N-ethyl adjacent to an activating group) is 1. The average Bonchev–Trinajstić information content (AvgIpc) is 2.98. The Morgan fingerprint density at radius 1 is 1.14 bits per heavy atom. The Morgan fingerprint density at radius 2 is 1.86 bits per heavy atom. The first-order chi connectivity index (χ1) is 10.3. The second-order valence-electron chi connectivity index (χ2n) is 6.80. The molecule has 0 saturated carbocycles. The fraction of sp³-hybridized carbons (Fsp3) is 0.667. The third-order valence-corrected chi connectivity index (χ3v) is 5.12. The molecule has 1 atom stereocenters. The van der Waals surface area contributed by atoms with E-state index in [1.165, 1.54) is 57.5 Å². The number of likely N-dealkylation sites (tertiary alicyclic amines) is 1. The highest BCUT2D eigenvalue weighted by Crippen LogP contribution is 2.20. The lowest BCUT2D eigenvalue weighted by molar-refractivity contribution is 0.182. The van der Waals surface area contributed by atoms with Crippen molar-refractivity contribution in [3.05, 3.63) is 35.9 Å². The van der Waals surface area contributed by atoms with Crippen LogP contribution in [0.3, 0.4) is 0 Å². The van der Waals surface area contributed by atoms with E-state index in [9.17, 15) is 0 Å². The van der Waals surface area contributed by atoms with E-state index in [2.05, 4.69) is 52.5 Å². The molecule has 0 spiro atoms. The number of nitrogens with one attached hydrogen (secondary N) is 1. The number of hydrogen-bond acceptors (Lipinski definition) is 3. The summed E-state index contributed by atoms with van der Waals surface area (Å²) in [5.41, 5.74) is 1.44. The molecule has 3 rings (SSSR count). The summed E-state index contributed by atoms with van der Waals surface area (Å²) in [6.07, 6.45) is 4.03. The van der Waals surface area contributed by atoms with E-state index in [0.717, 1.165) is 18.5 Å². The minimum absolute atomic E-state index is 0. The minimum Gasteiger partial charge on any atom is -0.317 e. The van der Waals surface area contributed by atoms with Crippen LogP contribution >= 0.6 is 12.4 Å². The van der Waals surface area contributed by atoms with Crippen molar-refractivity contribution in [3.8, 4) is 0 Å². The molecule has 0 bridgehead atoms. The summed E-state index contributed by atoms with van der Waals surface area (Å²) < 4.78 is 0. The molecule has 0 amide bonds. The molecule has 1 unspecified atom stereocenters. The third kappa shape index (κ3) is 4.95. The number of hydrogen-bond donors (Lipinski definition) is 1. The molecule has 2 saturated heterocycles. The molecule has 2 fully saturated rings. The van der Waals surface area contributed by atoms with E-state index >= 15 is 0 Å². The molecule has 0 aromatic heterocycles. The van der Waals surface area contributed by atoms with E-state index in [4.69, 9.17) is 0 Å². The van der Waals surface area contributed by atoms with Gasteiger partial charge in [0.2, 0.25) is 0 Å². The number of nitrogens with zero attached hydrogens (tertiary/aromatic N) is 2. The van der Waals surface area contributed by atoms with Crippen molar-refractivity contribution in [3.63, 3.8) is 0 Å². The quantitative estimate of drug-likeness (QED) is 0.898. The van der Waals surface area contributed by atoms with Crippen LogP contribution in [0.25, 0.3) is 0 Å². The van der Waals surface area contributed by atoms with E-state index in [1.807, 2.05) is 0 Å². The molecular weight excluding hydrogens is 294 g/mol. The van der Waals surface area contributed by atoms with Gasteiger partial charge < -0.3 is 10.2 Å². The van der Waals surface area contributed by atoms with Gasteiger partial charge in [0.05, 0.1) is 0 Å². The van der Waals surface area contributed by atoms with Crippen molar-refractivity contribution in [2.75, 3.05) is 39.8 Å². The topological polar surface area (TPSA) is 18.5 Å². The monoisotopic (exact) mass is 323 g/mol. The molecule has 0 radical (unpaired) electrons. The van der Waals surface area contributed by atoms with Gasteiger partial charge in [-0.15, -0.1) is 12.4 Å². The molecule has 4 heteroatoms. The number of benzene rings is 1. The molecular formula is C18H30ClN3. The number of rotatable bonds is 5. The normalized spacial score (nSPS) is 23.6. The van der Waals surface area contributed by atoms with Crippen molar-refractivity contribution < 1.29 is 0 Å². The van der Waals surface area contributed by atoms with E-state index in [0.29, 0.717) is 0 Å². The summed E-state index contributed by atoms with van der Waals surface area (Å²) in [7, 11) is 2.33. The summed E-state index contributed by atoms with van der Waals surface area (Å²) in [6, 6.07) is 11.6. The van der Waals surface area contributed by atoms with Gasteiger partial charge in [0, 0.05) is 32.2 Å². The van der Waals surface area contributed by atoms with Crippen LogP contribution in [-0.2, 0) is 6.54 Å². The van der Waals surface area contributed by atoms with Crippen molar-refractivity contribution in [1.82, 2.24) is 15.1 Å². The highest BCUT2D eigenvalue weighted by atomic mass is 35.5. The first kappa shape index (κ1) is 17.7. The predicted molar refractivity (Wildman–Crippen MR) is 95.6 cm³/mol. The van der Waals surface area contributed by atoms with Gasteiger partial charge >= 0.3 is 0 Å². The maximum atomic E-state index is 3.47. The summed E-state index contributed by atoms with van der Waals surface area (Å²) in [5.74, 6) is 0.902. The molecule has 124 valence electrons. The molecule has 3 nitrogen and oxygen atoms in total. The predicted octanol–water partition coefficient (Wildman–Crippen LogP) is 2.61. The fourth-order valence-corrected chi connectivity index (χ4v) is 3.78. The van der Waals surface area contributed by atoms with Crippen LogP contribution < -0.4 is 5.32 Å². The Morgan fingerprint density at radius 3 is 2.59 bits per heavy atom. The Balaban J connectivity index is 0.00000176. The van der Waals surface area contributed by atoms with Crippen LogP contribution in [-0.4, -0.2) is 55.6 Å². The van der Waals surface area contributed by atoms with Crippen molar-refractivity contribution in [2.24, 2.45) is 5.92 Å². The maximum Gasteiger partial charge on any atom is 0.0234 e. The zero-order valence-electron chi connectivity index (χ0n) is 13.7. The van der Waals surface area contributed by atoms with Crippen molar-refractivity contribution in [1.29, 1.82) is 0 Å². The van der Waals surface area contributed by atoms with E-state index in [-0.39, 0.29) is 12.4 Å². The lowest BCUT2D eigenvalue weighted by Gasteiger charge is -2.31. The third-order valence-electron chi connectivity index (χ3n) is 5.12. The summed E-state index contributed by atoms with van der Waals surface area (Å²) in [4.78, 5) is 5.24. The van der Waals surface area contributed by atoms with Gasteiger partial charge in [0.1, 0.15) is 0 Å². The van der Waals surface area contributed by atoms with Gasteiger partial charge in [-0.25, -0.2) is 0 Å². The largest absolute Gasteiger partial charge is 0.317 e. The van der Waals surface area contributed by atoms with Crippen LogP contribution in [0.2, 0.25) is 0 Å². The minimum atomic E-state index is 0. The van der Waals surface area contributed by atoms with Crippen LogP contribution in [0.5, 0.6) is 0 Å². The molecule has 1 aromatic rings. The Kier molecular flexibility index (Phi) is 7.16. The standard InChI is InChI=1S/C18H29N3.ClH/c1-20(13-17-7-10-19-11-8-17)18-9-12-21(15-18)14-16-5-3-2-4-6-16;/h2-6,17-19H,7-15H2,1H3;1H. The second kappa shape index (κ2) is 8.88. The van der Waals surface area contributed by atoms with Crippen LogP contribution in [0.1, 0.15) is 24.8 Å². The zero-order valence-corrected chi connectivity index (χ0v) is 14.5. The maximum absolute atomic E-state index is 3.47. The molecule has 0 aliphatic carbocycles. The average molecular weight is 324 g/mol. The number of piperidine rings is 1. The van der Waals surface area contributed by atoms with Gasteiger partial charge in [-0.05, 0) is 50.9 Å². The first-order valence-corrected chi connectivity index (χ1v) is 8.48. The van der Waals surface area contributed by atoms with Crippen molar-refractivity contribution in [2.45, 2.75) is 31.8 Å². The Labute approximate surface area is 141 Å². The van der Waals surface area contributed by atoms with Gasteiger partial charge in [-0.1, -0.05) is 30.3 Å². The summed E-state index contributed by atoms with van der Waals surface area (Å²) >= 11 is 0. The van der Waals surface area contributed by atoms with Crippen LogP contribution in [0.4, 0.5) is 0 Å². The zero-order chi connectivity index (χ0) is 14.5. The Bertz CT molecular complexity index is 420. The highest BCUT2D eigenvalue weighted by molar-refractivity contribution is 5.85. The SMILES string of the molecule is CN(CC1CCNCC1)C1CCN(Cc2ccccc2)C1.Cl. The van der Waals surface area contributed by atoms with Gasteiger partial charge in [0.15, 0.2) is 0 Å². The van der Waals surface area contributed by atoms with Gasteiger partial charge in [0.25, 0.3) is 0 Å². The summed E-state index contributed by atoms with van der Waals surface area (Å²) in [6.45, 7) is 7.29. The summed E-state index contributed by atoms with van der Waals surface area (Å²) in [5, 5.41) is 3.47. The van der Waals surface area contributed by atoms with Crippen LogP contribution in [0, 0.1) is 5.92 Å². The fourth-order valence-electron chi connectivity index (χ4n) is 3.78. The molecule has 1 aromatic carbocycles. The first-order valence-electron chi connectivity index (χ1n) is 8.48. The van der Waals surface area contributed by atoms with E-state index < -0.39 is 0 Å². The smallest absolute Gasteiger partial charge is 0.0234 e. The van der Waals surface area contributed by atoms with Gasteiger partial charge in [-0.2, -0.15) is 0 Å².